The predicted octanol–water partition coefficient (Wildman–Crippen LogP) is 4.56. The Bertz CT molecular complexity index is 2070. The molecule has 5 aromatic rings. The number of carbonyl (C=O) groups excluding carboxylic acids is 2. The second-order valence-corrected chi connectivity index (χ2v) is 12.8. The van der Waals surface area contributed by atoms with Gasteiger partial charge in [-0.2, -0.15) is 0 Å². The quantitative estimate of drug-likeness (QED) is 0.222. The number of carbonyl (C=O) groups is 3. The lowest BCUT2D eigenvalue weighted by Gasteiger charge is -2.31. The molecule has 0 aliphatic carbocycles. The fourth-order valence-electron chi connectivity index (χ4n) is 6.82. The minimum absolute atomic E-state index is 0.0655. The van der Waals surface area contributed by atoms with Crippen molar-refractivity contribution in [1.29, 1.82) is 0 Å². The van der Waals surface area contributed by atoms with Crippen LogP contribution in [0.4, 0.5) is 0 Å². The van der Waals surface area contributed by atoms with Crippen LogP contribution < -0.4 is 10.7 Å². The normalized spacial score (nSPS) is 23.2. The molecule has 3 N–H and O–H groups in total. The fraction of sp³-hybridized carbons (Fsp3) is 0.281. The van der Waals surface area contributed by atoms with Gasteiger partial charge in [-0.3, -0.25) is 29.4 Å². The number of imide groups is 1. The highest BCUT2D eigenvalue weighted by molar-refractivity contribution is 7.09. The predicted molar refractivity (Wildman–Crippen MR) is 165 cm³/mol. The molecular formula is C32H27ClN4O6S. The second-order valence-electron chi connectivity index (χ2n) is 11.5. The topological polar surface area (TPSA) is 146 Å². The Hall–Kier alpha value is -4.32. The molecule has 10 nitrogen and oxygen atoms in total. The molecule has 0 spiro atoms. The molecule has 3 aromatic heterocycles. The van der Waals surface area contributed by atoms with Crippen LogP contribution in [0.5, 0.6) is 0 Å². The van der Waals surface area contributed by atoms with Crippen LogP contribution >= 0.6 is 22.9 Å². The molecule has 0 saturated carbocycles. The number of carboxylic acids is 1. The van der Waals surface area contributed by atoms with Gasteiger partial charge in [0.15, 0.2) is 5.43 Å². The number of hydrogen-bond acceptors (Lipinski definition) is 8. The number of aromatic amines is 1. The van der Waals surface area contributed by atoms with Crippen LogP contribution in [0, 0.1) is 25.7 Å². The number of nitrogens with one attached hydrogen (secondary N) is 2. The number of halogens is 1. The Morgan fingerprint density at radius 1 is 1.16 bits per heavy atom. The maximum atomic E-state index is 14.2. The summed E-state index contributed by atoms with van der Waals surface area (Å²) in [7, 11) is 0. The van der Waals surface area contributed by atoms with E-state index in [-0.39, 0.29) is 23.9 Å². The number of thiazole rings is 1. The number of aliphatic carboxylic acids is 1. The van der Waals surface area contributed by atoms with E-state index >= 15 is 0 Å². The second kappa shape index (κ2) is 10.4. The van der Waals surface area contributed by atoms with Crippen molar-refractivity contribution >= 4 is 62.6 Å². The minimum Gasteiger partial charge on any atom is -0.480 e. The number of hydrogen-bond donors (Lipinski definition) is 3. The van der Waals surface area contributed by atoms with Gasteiger partial charge in [0.1, 0.15) is 11.1 Å². The molecule has 2 amide bonds. The molecule has 7 rings (SSSR count). The summed E-state index contributed by atoms with van der Waals surface area (Å²) in [6, 6.07) is 9.52. The van der Waals surface area contributed by atoms with Crippen molar-refractivity contribution in [3.05, 3.63) is 96.9 Å². The fourth-order valence-corrected chi connectivity index (χ4v) is 7.76. The average Bonchev–Trinajstić information content (AvgIpc) is 3.75. The van der Waals surface area contributed by atoms with Crippen LogP contribution in [-0.2, 0) is 27.2 Å². The Labute approximate surface area is 259 Å². The number of likely N-dealkylation sites (tertiary alicyclic amines) is 1. The standard InChI is InChI=1S/C32H27ClN4O6S/c1-15-9-23-19(10-21(15)33)28(38)20(13-43-23)27-25-26(30(40)37(29(25)39)8-7-24-16(2)35-14-44-24)32(36-27,31(41)42)11-17-12-34-22-6-4-3-5-18(17)22/h3-6,9-10,12-14,25-27,34,36H,7-8,11H2,1-2H3,(H,41,42). The van der Waals surface area contributed by atoms with Crippen LogP contribution in [0.15, 0.2) is 63.6 Å². The van der Waals surface area contributed by atoms with Crippen molar-refractivity contribution in [3.8, 4) is 0 Å². The molecule has 2 aromatic carbocycles. The summed E-state index contributed by atoms with van der Waals surface area (Å²) in [4.78, 5) is 65.1. The van der Waals surface area contributed by atoms with Crippen molar-refractivity contribution in [1.82, 2.24) is 20.2 Å². The lowest BCUT2D eigenvalue weighted by Crippen LogP contribution is -2.57. The van der Waals surface area contributed by atoms with Crippen LogP contribution in [-0.4, -0.2) is 49.8 Å². The number of aromatic nitrogens is 2. The SMILES string of the molecule is Cc1cc2occ(C3NC(Cc4c[nH]c5ccccc45)(C(=O)O)C4C(=O)N(CCc5scnc5C)C(=O)C34)c(=O)c2cc1Cl. The first-order chi connectivity index (χ1) is 21.1. The van der Waals surface area contributed by atoms with Gasteiger partial charge in [0, 0.05) is 46.4 Å². The van der Waals surface area contributed by atoms with Crippen molar-refractivity contribution in [2.75, 3.05) is 6.54 Å². The number of H-pyrrole nitrogens is 1. The van der Waals surface area contributed by atoms with Gasteiger partial charge in [-0.25, -0.2) is 4.98 Å². The molecule has 2 aliphatic rings. The van der Waals surface area contributed by atoms with Crippen molar-refractivity contribution in [3.63, 3.8) is 0 Å². The first-order valence-corrected chi connectivity index (χ1v) is 15.4. The van der Waals surface area contributed by atoms with Crippen LogP contribution in [0.1, 0.15) is 33.3 Å². The summed E-state index contributed by atoms with van der Waals surface area (Å²) in [6.07, 6.45) is 3.27. The van der Waals surface area contributed by atoms with Crippen molar-refractivity contribution < 1.29 is 23.9 Å². The van der Waals surface area contributed by atoms with Gasteiger partial charge >= 0.3 is 5.97 Å². The Kier molecular flexibility index (Phi) is 6.72. The van der Waals surface area contributed by atoms with E-state index in [1.54, 1.807) is 24.7 Å². The summed E-state index contributed by atoms with van der Waals surface area (Å²) in [6.45, 7) is 3.72. The lowest BCUT2D eigenvalue weighted by molar-refractivity contribution is -0.151. The largest absolute Gasteiger partial charge is 0.480 e. The molecule has 44 heavy (non-hydrogen) atoms. The van der Waals surface area contributed by atoms with Gasteiger partial charge in [0.25, 0.3) is 0 Å². The number of carboxylic acid groups (broad SMARTS) is 1. The molecule has 0 radical (unpaired) electrons. The van der Waals surface area contributed by atoms with Gasteiger partial charge in [0.05, 0.1) is 46.3 Å². The number of benzene rings is 2. The zero-order valence-electron chi connectivity index (χ0n) is 23.7. The highest BCUT2D eigenvalue weighted by Crippen LogP contribution is 2.50. The Morgan fingerprint density at radius 3 is 2.70 bits per heavy atom. The molecule has 5 heterocycles. The maximum Gasteiger partial charge on any atom is 0.325 e. The third-order valence-electron chi connectivity index (χ3n) is 9.09. The first kappa shape index (κ1) is 28.5. The van der Waals surface area contributed by atoms with E-state index < -0.39 is 46.6 Å². The molecule has 2 saturated heterocycles. The Morgan fingerprint density at radius 2 is 1.95 bits per heavy atom. The summed E-state index contributed by atoms with van der Waals surface area (Å²) in [5, 5.41) is 15.4. The summed E-state index contributed by atoms with van der Waals surface area (Å²) in [5.41, 5.74) is 2.76. The number of rotatable bonds is 7. The number of aryl methyl sites for hydroxylation is 2. The lowest BCUT2D eigenvalue weighted by atomic mass is 9.76. The van der Waals surface area contributed by atoms with Crippen LogP contribution in [0.3, 0.4) is 0 Å². The number of fused-ring (bicyclic) bond motifs is 3. The van der Waals surface area contributed by atoms with E-state index in [1.165, 1.54) is 23.7 Å². The molecule has 2 aliphatic heterocycles. The van der Waals surface area contributed by atoms with E-state index in [9.17, 15) is 24.3 Å². The van der Waals surface area contributed by atoms with Crippen LogP contribution in [0.2, 0.25) is 5.02 Å². The van der Waals surface area contributed by atoms with Gasteiger partial charge in [0.2, 0.25) is 11.8 Å². The first-order valence-electron chi connectivity index (χ1n) is 14.1. The van der Waals surface area contributed by atoms with Crippen molar-refractivity contribution in [2.45, 2.75) is 38.3 Å². The smallest absolute Gasteiger partial charge is 0.325 e. The van der Waals surface area contributed by atoms with E-state index in [1.807, 2.05) is 31.2 Å². The molecular weight excluding hydrogens is 604 g/mol. The van der Waals surface area contributed by atoms with Gasteiger partial charge in [-0.15, -0.1) is 11.3 Å². The van der Waals surface area contributed by atoms with E-state index in [4.69, 9.17) is 16.0 Å². The maximum absolute atomic E-state index is 14.2. The molecule has 12 heteroatoms. The molecule has 0 bridgehead atoms. The van der Waals surface area contributed by atoms with Crippen LogP contribution in [0.25, 0.3) is 21.9 Å². The minimum atomic E-state index is -1.89. The highest BCUT2D eigenvalue weighted by Gasteiger charge is 2.68. The van der Waals surface area contributed by atoms with E-state index in [0.29, 0.717) is 22.6 Å². The monoisotopic (exact) mass is 630 g/mol. The third-order valence-corrected chi connectivity index (χ3v) is 10.5. The zero-order valence-corrected chi connectivity index (χ0v) is 25.3. The molecule has 4 unspecified atom stereocenters. The Balaban J connectivity index is 1.36. The molecule has 224 valence electrons. The third kappa shape index (κ3) is 4.21. The average molecular weight is 631 g/mol. The summed E-state index contributed by atoms with van der Waals surface area (Å²) >= 11 is 7.77. The number of amides is 2. The van der Waals surface area contributed by atoms with Gasteiger partial charge in [-0.1, -0.05) is 29.8 Å². The summed E-state index contributed by atoms with van der Waals surface area (Å²) in [5.74, 6) is -4.81. The van der Waals surface area contributed by atoms with E-state index in [0.717, 1.165) is 31.9 Å². The van der Waals surface area contributed by atoms with E-state index in [2.05, 4.69) is 15.3 Å². The zero-order chi connectivity index (χ0) is 30.9. The molecule has 4 atom stereocenters. The molecule has 2 fully saturated rings. The highest BCUT2D eigenvalue weighted by atomic mass is 35.5. The van der Waals surface area contributed by atoms with Crippen molar-refractivity contribution in [2.24, 2.45) is 11.8 Å². The number of nitrogens with zero attached hydrogens (tertiary/aromatic N) is 2. The summed E-state index contributed by atoms with van der Waals surface area (Å²) < 4.78 is 5.84. The van der Waals surface area contributed by atoms with Gasteiger partial charge < -0.3 is 14.5 Å². The number of para-hydroxylation sites is 1. The van der Waals surface area contributed by atoms with Gasteiger partial charge in [-0.05, 0) is 43.2 Å².